The average Bonchev–Trinajstić information content (AvgIpc) is 2.52. The molecule has 2 rings (SSSR count). The summed E-state index contributed by atoms with van der Waals surface area (Å²) in [5, 5.41) is -4.32. The third-order valence-electron chi connectivity index (χ3n) is 3.68. The van der Waals surface area contributed by atoms with Gasteiger partial charge in [0.2, 0.25) is 0 Å². The van der Waals surface area contributed by atoms with Crippen LogP contribution in [0.2, 0.25) is 4.82 Å². The maximum absolute atomic E-state index is 12.9. The number of halogens is 3. The second kappa shape index (κ2) is 8.39. The molecule has 0 bridgehead atoms. The number of alkyl halides is 3. The Hall–Kier alpha value is -1.30. The molecular formula is C18H19F3O2SSe. The molecule has 25 heavy (non-hydrogen) atoms. The molecule has 0 N–H and O–H groups in total. The molecule has 0 heterocycles. The van der Waals surface area contributed by atoms with E-state index in [1.54, 1.807) is 12.1 Å². The summed E-state index contributed by atoms with van der Waals surface area (Å²) in [4.78, 5) is -0.820. The van der Waals surface area contributed by atoms with Crippen LogP contribution in [0.1, 0.15) is 17.5 Å². The molecule has 0 amide bonds. The fraction of sp³-hybridized carbons (Fsp3) is 0.333. The molecule has 0 fully saturated rings. The number of sulfone groups is 1. The van der Waals surface area contributed by atoms with E-state index in [9.17, 15) is 21.6 Å². The van der Waals surface area contributed by atoms with Crippen LogP contribution < -0.4 is 0 Å². The van der Waals surface area contributed by atoms with Crippen LogP contribution in [-0.4, -0.2) is 34.2 Å². The standard InChI is InChI=1S/C18H19F3O2SSe/c1-14-7-10-16(11-8-14)24(22,23)13-17(25-18(19,20)21)12-9-15-5-3-2-4-6-15/h2-8,10-11,17H,9,12-13H2,1H3. The summed E-state index contributed by atoms with van der Waals surface area (Å²) in [7, 11) is -3.74. The van der Waals surface area contributed by atoms with Crippen LogP contribution in [0.5, 0.6) is 0 Å². The Kier molecular flexibility index (Phi) is 6.71. The second-order valence-corrected chi connectivity index (χ2v) is 10.7. The zero-order valence-electron chi connectivity index (χ0n) is 13.7. The molecule has 0 aliphatic carbocycles. The first-order valence-corrected chi connectivity index (χ1v) is 11.2. The second-order valence-electron chi connectivity index (χ2n) is 5.80. The van der Waals surface area contributed by atoms with Crippen LogP contribution in [0.3, 0.4) is 0 Å². The Morgan fingerprint density at radius 1 is 1.00 bits per heavy atom. The van der Waals surface area contributed by atoms with Gasteiger partial charge in [-0.15, -0.1) is 0 Å². The predicted octanol–water partition coefficient (Wildman–Crippen LogP) is 4.41. The number of aryl methyl sites for hydroxylation is 2. The summed E-state index contributed by atoms with van der Waals surface area (Å²) in [6.45, 7) is 1.83. The topological polar surface area (TPSA) is 34.1 Å². The number of hydrogen-bond acceptors (Lipinski definition) is 2. The van der Waals surface area contributed by atoms with E-state index in [0.29, 0.717) is 6.42 Å². The minimum absolute atomic E-state index is 0.0841. The average molecular weight is 435 g/mol. The van der Waals surface area contributed by atoms with E-state index in [2.05, 4.69) is 0 Å². The van der Waals surface area contributed by atoms with Crippen LogP contribution in [-0.2, 0) is 16.3 Å². The van der Waals surface area contributed by atoms with Crippen LogP contribution in [0.4, 0.5) is 13.2 Å². The molecule has 2 aromatic rings. The normalized spacial score (nSPS) is 13.6. The Labute approximate surface area is 152 Å². The molecule has 0 radical (unpaired) electrons. The van der Waals surface area contributed by atoms with Gasteiger partial charge in [-0.25, -0.2) is 0 Å². The van der Waals surface area contributed by atoms with Gasteiger partial charge in [0, 0.05) is 0 Å². The maximum atomic E-state index is 12.9. The van der Waals surface area contributed by atoms with Crippen molar-refractivity contribution in [1.29, 1.82) is 0 Å². The SMILES string of the molecule is Cc1ccc(S(=O)(=O)CC(CCc2ccccc2)[Se]C(F)(F)F)cc1. The fourth-order valence-corrected chi connectivity index (χ4v) is 6.73. The monoisotopic (exact) mass is 436 g/mol. The van der Waals surface area contributed by atoms with Crippen molar-refractivity contribution in [3.63, 3.8) is 0 Å². The summed E-state index contributed by atoms with van der Waals surface area (Å²) in [5.41, 5.74) is 1.82. The first-order valence-electron chi connectivity index (χ1n) is 7.74. The van der Waals surface area contributed by atoms with E-state index in [1.165, 1.54) is 12.1 Å². The van der Waals surface area contributed by atoms with Gasteiger partial charge in [-0.3, -0.25) is 0 Å². The van der Waals surface area contributed by atoms with Crippen molar-refractivity contribution in [3.8, 4) is 0 Å². The molecule has 2 nitrogen and oxygen atoms in total. The van der Waals surface area contributed by atoms with Crippen molar-refractivity contribution in [3.05, 3.63) is 65.7 Å². The number of hydrogen-bond donors (Lipinski definition) is 0. The third kappa shape index (κ3) is 6.84. The summed E-state index contributed by atoms with van der Waals surface area (Å²) in [5.74, 6) is -0.470. The van der Waals surface area contributed by atoms with E-state index in [-0.39, 0.29) is 11.3 Å². The zero-order chi connectivity index (χ0) is 18.5. The first-order chi connectivity index (χ1) is 11.7. The van der Waals surface area contributed by atoms with Crippen molar-refractivity contribution in [2.24, 2.45) is 0 Å². The van der Waals surface area contributed by atoms with E-state index < -0.39 is 40.4 Å². The van der Waals surface area contributed by atoms with Gasteiger partial charge in [0.15, 0.2) is 0 Å². The first kappa shape index (κ1) is 20.0. The third-order valence-corrected chi connectivity index (χ3v) is 8.10. The van der Waals surface area contributed by atoms with Crippen LogP contribution in [0.15, 0.2) is 59.5 Å². The number of benzene rings is 2. The molecule has 0 spiro atoms. The van der Waals surface area contributed by atoms with E-state index in [0.717, 1.165) is 11.1 Å². The predicted molar refractivity (Wildman–Crippen MR) is 93.6 cm³/mol. The van der Waals surface area contributed by atoms with Crippen LogP contribution in [0, 0.1) is 6.92 Å². The molecule has 0 aromatic heterocycles. The van der Waals surface area contributed by atoms with Crippen LogP contribution in [0.25, 0.3) is 0 Å². The molecule has 0 saturated heterocycles. The molecular weight excluding hydrogens is 416 g/mol. The van der Waals surface area contributed by atoms with Gasteiger partial charge in [0.25, 0.3) is 0 Å². The summed E-state index contributed by atoms with van der Waals surface area (Å²) in [6.07, 6.45) is 0.640. The van der Waals surface area contributed by atoms with Crippen molar-refractivity contribution < 1.29 is 21.6 Å². The van der Waals surface area contributed by atoms with Crippen molar-refractivity contribution in [1.82, 2.24) is 0 Å². The van der Waals surface area contributed by atoms with Gasteiger partial charge in [0.1, 0.15) is 0 Å². The zero-order valence-corrected chi connectivity index (χ0v) is 16.2. The molecule has 1 unspecified atom stereocenters. The number of rotatable bonds is 7. The fourth-order valence-electron chi connectivity index (χ4n) is 2.42. The van der Waals surface area contributed by atoms with Gasteiger partial charge >= 0.3 is 152 Å². The summed E-state index contributed by atoms with van der Waals surface area (Å²) >= 11 is -1.74. The molecule has 0 aliphatic heterocycles. The molecule has 1 atom stereocenters. The van der Waals surface area contributed by atoms with Crippen molar-refractivity contribution in [2.45, 2.75) is 34.6 Å². The van der Waals surface area contributed by atoms with Gasteiger partial charge in [-0.2, -0.15) is 0 Å². The summed E-state index contributed by atoms with van der Waals surface area (Å²) in [6, 6.07) is 15.4. The molecule has 2 aromatic carbocycles. The minimum atomic E-state index is -4.32. The van der Waals surface area contributed by atoms with Crippen molar-refractivity contribution in [2.75, 3.05) is 5.75 Å². The van der Waals surface area contributed by atoms with Gasteiger partial charge in [0.05, 0.1) is 0 Å². The Balaban J connectivity index is 2.13. The molecule has 7 heteroatoms. The summed E-state index contributed by atoms with van der Waals surface area (Å²) < 4.78 is 63.7. The molecule has 0 saturated carbocycles. The van der Waals surface area contributed by atoms with Gasteiger partial charge in [-0.05, 0) is 0 Å². The van der Waals surface area contributed by atoms with Gasteiger partial charge < -0.3 is 0 Å². The van der Waals surface area contributed by atoms with Crippen LogP contribution >= 0.6 is 0 Å². The Bertz CT molecular complexity index is 772. The Morgan fingerprint density at radius 2 is 1.60 bits per heavy atom. The molecule has 0 aliphatic rings. The van der Waals surface area contributed by atoms with E-state index in [1.807, 2.05) is 37.3 Å². The van der Waals surface area contributed by atoms with Crippen molar-refractivity contribution >= 4 is 24.8 Å². The molecule has 136 valence electrons. The van der Waals surface area contributed by atoms with E-state index >= 15 is 0 Å². The van der Waals surface area contributed by atoms with Gasteiger partial charge in [-0.1, -0.05) is 0 Å². The quantitative estimate of drug-likeness (QED) is 0.604. The Morgan fingerprint density at radius 3 is 2.16 bits per heavy atom. The van der Waals surface area contributed by atoms with E-state index in [4.69, 9.17) is 0 Å².